The van der Waals surface area contributed by atoms with Crippen molar-refractivity contribution in [3.05, 3.63) is 11.8 Å². The van der Waals surface area contributed by atoms with Crippen molar-refractivity contribution in [2.24, 2.45) is 0 Å². The Morgan fingerprint density at radius 1 is 1.80 bits per heavy atom. The first-order valence-electron chi connectivity index (χ1n) is 3.46. The first-order chi connectivity index (χ1) is 4.79. The number of aryl methyl sites for hydroxylation is 1. The first kappa shape index (κ1) is 5.77. The van der Waals surface area contributed by atoms with Gasteiger partial charge in [0.15, 0.2) is 0 Å². The van der Waals surface area contributed by atoms with Gasteiger partial charge in [-0.1, -0.05) is 0 Å². The molecule has 1 aromatic rings. The molecule has 0 amide bonds. The zero-order valence-electron chi connectivity index (χ0n) is 6.16. The maximum atomic E-state index is 5.38. The van der Waals surface area contributed by atoms with E-state index in [0.717, 1.165) is 18.1 Å². The van der Waals surface area contributed by atoms with Crippen molar-refractivity contribution in [1.29, 1.82) is 0 Å². The highest BCUT2D eigenvalue weighted by Crippen LogP contribution is 2.27. The van der Waals surface area contributed by atoms with Crippen LogP contribution in [0.4, 0.5) is 0 Å². The smallest absolute Gasteiger partial charge is 0.215 e. The van der Waals surface area contributed by atoms with E-state index in [1.807, 2.05) is 17.8 Å². The highest BCUT2D eigenvalue weighted by molar-refractivity contribution is 5.24. The van der Waals surface area contributed by atoms with Crippen molar-refractivity contribution in [1.82, 2.24) is 9.78 Å². The van der Waals surface area contributed by atoms with Crippen molar-refractivity contribution in [3.8, 4) is 5.88 Å². The lowest BCUT2D eigenvalue weighted by Gasteiger charge is -1.96. The summed E-state index contributed by atoms with van der Waals surface area (Å²) in [6.07, 6.45) is 1.84. The summed E-state index contributed by atoms with van der Waals surface area (Å²) in [6.45, 7) is 4.88. The molecule has 0 bridgehead atoms. The van der Waals surface area contributed by atoms with Gasteiger partial charge < -0.3 is 4.74 Å². The van der Waals surface area contributed by atoms with Crippen molar-refractivity contribution < 1.29 is 4.74 Å². The van der Waals surface area contributed by atoms with Crippen LogP contribution in [-0.4, -0.2) is 16.4 Å². The molecule has 1 aliphatic rings. The van der Waals surface area contributed by atoms with Crippen LogP contribution in [0.5, 0.6) is 5.88 Å². The second-order valence-corrected chi connectivity index (χ2v) is 2.74. The maximum Gasteiger partial charge on any atom is 0.215 e. The monoisotopic (exact) mass is 138 g/mol. The maximum absolute atomic E-state index is 5.38. The number of hydrogen-bond donors (Lipinski definition) is 0. The van der Waals surface area contributed by atoms with Crippen LogP contribution in [0.3, 0.4) is 0 Å². The van der Waals surface area contributed by atoms with Gasteiger partial charge in [0.25, 0.3) is 0 Å². The van der Waals surface area contributed by atoms with E-state index >= 15 is 0 Å². The summed E-state index contributed by atoms with van der Waals surface area (Å²) in [4.78, 5) is 0. The lowest BCUT2D eigenvalue weighted by molar-refractivity contribution is 0.332. The lowest BCUT2D eigenvalue weighted by atomic mass is 10.4. The summed E-state index contributed by atoms with van der Waals surface area (Å²) in [6, 6.07) is 0.406. The molecule has 1 atom stereocenters. The molecule has 1 aliphatic heterocycles. The van der Waals surface area contributed by atoms with E-state index in [0.29, 0.717) is 6.04 Å². The average molecular weight is 138 g/mol. The van der Waals surface area contributed by atoms with Gasteiger partial charge in [-0.15, -0.1) is 0 Å². The average Bonchev–Trinajstić information content (AvgIpc) is 2.41. The van der Waals surface area contributed by atoms with Crippen LogP contribution in [0, 0.1) is 6.92 Å². The summed E-state index contributed by atoms with van der Waals surface area (Å²) >= 11 is 0. The molecular formula is C7H10N2O. The molecule has 1 unspecified atom stereocenters. The van der Waals surface area contributed by atoms with Crippen LogP contribution in [0.15, 0.2) is 6.20 Å². The molecule has 3 nitrogen and oxygen atoms in total. The molecule has 0 spiro atoms. The second kappa shape index (κ2) is 1.75. The number of fused-ring (bicyclic) bond motifs is 1. The van der Waals surface area contributed by atoms with Gasteiger partial charge in [-0.25, -0.2) is 4.68 Å². The van der Waals surface area contributed by atoms with Crippen LogP contribution in [0.25, 0.3) is 0 Å². The Kier molecular flexibility index (Phi) is 1.01. The SMILES string of the molecule is Cc1cnn2c1OCC2C. The molecule has 3 heteroatoms. The molecule has 2 heterocycles. The van der Waals surface area contributed by atoms with E-state index < -0.39 is 0 Å². The minimum atomic E-state index is 0.406. The van der Waals surface area contributed by atoms with Gasteiger partial charge in [-0.3, -0.25) is 0 Å². The summed E-state index contributed by atoms with van der Waals surface area (Å²) in [5.41, 5.74) is 1.13. The third kappa shape index (κ3) is 0.574. The van der Waals surface area contributed by atoms with Gasteiger partial charge >= 0.3 is 0 Å². The third-order valence-electron chi connectivity index (χ3n) is 1.80. The topological polar surface area (TPSA) is 27.1 Å². The quantitative estimate of drug-likeness (QED) is 0.537. The normalized spacial score (nSPS) is 22.4. The lowest BCUT2D eigenvalue weighted by Crippen LogP contribution is -2.02. The Morgan fingerprint density at radius 2 is 2.60 bits per heavy atom. The fraction of sp³-hybridized carbons (Fsp3) is 0.571. The molecule has 0 saturated carbocycles. The van der Waals surface area contributed by atoms with Crippen molar-refractivity contribution in [2.75, 3.05) is 6.61 Å². The van der Waals surface area contributed by atoms with E-state index in [1.54, 1.807) is 0 Å². The largest absolute Gasteiger partial charge is 0.475 e. The second-order valence-electron chi connectivity index (χ2n) is 2.74. The van der Waals surface area contributed by atoms with Gasteiger partial charge in [0.05, 0.1) is 12.2 Å². The molecule has 10 heavy (non-hydrogen) atoms. The molecule has 2 rings (SSSR count). The van der Waals surface area contributed by atoms with E-state index in [2.05, 4.69) is 12.0 Å². The van der Waals surface area contributed by atoms with Crippen molar-refractivity contribution in [2.45, 2.75) is 19.9 Å². The van der Waals surface area contributed by atoms with E-state index in [9.17, 15) is 0 Å². The van der Waals surface area contributed by atoms with Crippen LogP contribution >= 0.6 is 0 Å². The molecule has 0 fully saturated rings. The van der Waals surface area contributed by atoms with Gasteiger partial charge in [-0.2, -0.15) is 5.10 Å². The molecule has 0 radical (unpaired) electrons. The Morgan fingerprint density at radius 3 is 3.30 bits per heavy atom. The summed E-state index contributed by atoms with van der Waals surface area (Å²) in [7, 11) is 0. The number of aromatic nitrogens is 2. The molecule has 1 aromatic heterocycles. The van der Waals surface area contributed by atoms with Gasteiger partial charge in [0.1, 0.15) is 6.61 Å². The summed E-state index contributed by atoms with van der Waals surface area (Å²) < 4.78 is 7.31. The molecule has 0 N–H and O–H groups in total. The molecular weight excluding hydrogens is 128 g/mol. The Bertz CT molecular complexity index is 254. The highest BCUT2D eigenvalue weighted by Gasteiger charge is 2.21. The fourth-order valence-corrected chi connectivity index (χ4v) is 1.20. The van der Waals surface area contributed by atoms with Crippen LogP contribution in [-0.2, 0) is 0 Å². The Balaban J connectivity index is 2.53. The van der Waals surface area contributed by atoms with E-state index in [4.69, 9.17) is 4.74 Å². The first-order valence-corrected chi connectivity index (χ1v) is 3.46. The molecule has 0 aromatic carbocycles. The number of nitrogens with zero attached hydrogens (tertiary/aromatic N) is 2. The number of ether oxygens (including phenoxy) is 1. The van der Waals surface area contributed by atoms with Gasteiger partial charge in [0, 0.05) is 5.56 Å². The zero-order chi connectivity index (χ0) is 7.14. The van der Waals surface area contributed by atoms with E-state index in [-0.39, 0.29) is 0 Å². The van der Waals surface area contributed by atoms with E-state index in [1.165, 1.54) is 0 Å². The van der Waals surface area contributed by atoms with Crippen LogP contribution < -0.4 is 4.74 Å². The minimum absolute atomic E-state index is 0.406. The minimum Gasteiger partial charge on any atom is -0.475 e. The third-order valence-corrected chi connectivity index (χ3v) is 1.80. The number of hydrogen-bond acceptors (Lipinski definition) is 2. The Labute approximate surface area is 59.6 Å². The highest BCUT2D eigenvalue weighted by atomic mass is 16.5. The summed E-state index contributed by atoms with van der Waals surface area (Å²) in [5, 5.41) is 4.17. The number of rotatable bonds is 0. The molecule has 54 valence electrons. The zero-order valence-corrected chi connectivity index (χ0v) is 6.16. The summed E-state index contributed by atoms with van der Waals surface area (Å²) in [5.74, 6) is 0.938. The van der Waals surface area contributed by atoms with Gasteiger partial charge in [0.2, 0.25) is 5.88 Å². The van der Waals surface area contributed by atoms with Crippen LogP contribution in [0.1, 0.15) is 18.5 Å². The van der Waals surface area contributed by atoms with Gasteiger partial charge in [-0.05, 0) is 13.8 Å². The Hall–Kier alpha value is -0.990. The fourth-order valence-electron chi connectivity index (χ4n) is 1.20. The predicted octanol–water partition coefficient (Wildman–Crippen LogP) is 1.14. The predicted molar refractivity (Wildman–Crippen MR) is 37.2 cm³/mol. The molecule has 0 saturated heterocycles. The molecule has 0 aliphatic carbocycles. The van der Waals surface area contributed by atoms with Crippen molar-refractivity contribution >= 4 is 0 Å². The van der Waals surface area contributed by atoms with Crippen molar-refractivity contribution in [3.63, 3.8) is 0 Å². The standard InChI is InChI=1S/C7H10N2O/c1-5-3-8-9-6(2)4-10-7(5)9/h3,6H,4H2,1-2H3. The van der Waals surface area contributed by atoms with Crippen LogP contribution in [0.2, 0.25) is 0 Å².